The van der Waals surface area contributed by atoms with Gasteiger partial charge in [-0.2, -0.15) is 4.98 Å². The van der Waals surface area contributed by atoms with Gasteiger partial charge in [-0.25, -0.2) is 0 Å². The van der Waals surface area contributed by atoms with Crippen molar-refractivity contribution >= 4 is 22.9 Å². The van der Waals surface area contributed by atoms with Gasteiger partial charge < -0.3 is 14.6 Å². The predicted octanol–water partition coefficient (Wildman–Crippen LogP) is 3.66. The number of hydrogen-bond acceptors (Lipinski definition) is 7. The Bertz CT molecular complexity index is 900. The molecule has 28 heavy (non-hydrogen) atoms. The lowest BCUT2D eigenvalue weighted by Gasteiger charge is -2.30. The van der Waals surface area contributed by atoms with E-state index in [4.69, 9.17) is 9.26 Å². The molecule has 3 heterocycles. The number of thiophene rings is 1. The molecule has 0 aliphatic carbocycles. The van der Waals surface area contributed by atoms with Crippen molar-refractivity contribution in [2.75, 3.05) is 25.5 Å². The number of methoxy groups -OCH3 is 1. The highest BCUT2D eigenvalue weighted by atomic mass is 32.1. The zero-order chi connectivity index (χ0) is 19.3. The first kappa shape index (κ1) is 18.6. The predicted molar refractivity (Wildman–Crippen MR) is 107 cm³/mol. The highest BCUT2D eigenvalue weighted by Gasteiger charge is 2.26. The first-order chi connectivity index (χ1) is 13.7. The van der Waals surface area contributed by atoms with Crippen molar-refractivity contribution in [3.63, 3.8) is 0 Å². The van der Waals surface area contributed by atoms with Crippen molar-refractivity contribution in [1.29, 1.82) is 0 Å². The van der Waals surface area contributed by atoms with Gasteiger partial charge in [-0.15, -0.1) is 11.3 Å². The van der Waals surface area contributed by atoms with Crippen molar-refractivity contribution in [2.24, 2.45) is 5.92 Å². The molecule has 3 aromatic rings. The maximum absolute atomic E-state index is 12.5. The molecule has 4 rings (SSSR count). The van der Waals surface area contributed by atoms with Gasteiger partial charge >= 0.3 is 0 Å². The molecule has 1 amide bonds. The molecule has 0 unspecified atom stereocenters. The van der Waals surface area contributed by atoms with E-state index in [1.807, 2.05) is 41.8 Å². The van der Waals surface area contributed by atoms with Gasteiger partial charge in [0, 0.05) is 11.6 Å². The van der Waals surface area contributed by atoms with Crippen molar-refractivity contribution in [1.82, 2.24) is 15.0 Å². The lowest BCUT2D eigenvalue weighted by molar-refractivity contribution is -0.121. The number of benzene rings is 1. The summed E-state index contributed by atoms with van der Waals surface area (Å²) in [7, 11) is 1.62. The van der Waals surface area contributed by atoms with Crippen LogP contribution in [0.2, 0.25) is 0 Å². The van der Waals surface area contributed by atoms with Gasteiger partial charge in [0.2, 0.25) is 17.6 Å². The molecular weight excluding hydrogens is 376 g/mol. The Hall–Kier alpha value is -2.71. The SMILES string of the molecule is COc1ccc(NC(=O)C2CCN(Cc3nc(-c4cccs4)no3)CC2)cc1. The quantitative estimate of drug-likeness (QED) is 0.683. The number of nitrogens with zero attached hydrogens (tertiary/aromatic N) is 3. The van der Waals surface area contributed by atoms with Gasteiger partial charge in [-0.05, 0) is 61.6 Å². The molecule has 1 aliphatic rings. The molecular formula is C20H22N4O3S. The van der Waals surface area contributed by atoms with Gasteiger partial charge in [0.25, 0.3) is 0 Å². The molecule has 1 saturated heterocycles. The second kappa shape index (κ2) is 8.53. The van der Waals surface area contributed by atoms with Crippen LogP contribution >= 0.6 is 11.3 Å². The number of anilines is 1. The number of rotatable bonds is 6. The van der Waals surface area contributed by atoms with Crippen LogP contribution in [0.15, 0.2) is 46.3 Å². The van der Waals surface area contributed by atoms with E-state index in [-0.39, 0.29) is 11.8 Å². The number of likely N-dealkylation sites (tertiary alicyclic amines) is 1. The summed E-state index contributed by atoms with van der Waals surface area (Å²) in [4.78, 5) is 20.2. The number of nitrogens with one attached hydrogen (secondary N) is 1. The van der Waals surface area contributed by atoms with E-state index in [2.05, 4.69) is 20.4 Å². The Morgan fingerprint density at radius 2 is 2.07 bits per heavy atom. The first-order valence-electron chi connectivity index (χ1n) is 9.25. The van der Waals surface area contributed by atoms with E-state index in [0.717, 1.165) is 42.2 Å². The lowest BCUT2D eigenvalue weighted by atomic mass is 9.96. The molecule has 7 nitrogen and oxygen atoms in total. The van der Waals surface area contributed by atoms with Gasteiger partial charge in [0.15, 0.2) is 0 Å². The molecule has 8 heteroatoms. The zero-order valence-electron chi connectivity index (χ0n) is 15.6. The molecule has 1 fully saturated rings. The zero-order valence-corrected chi connectivity index (χ0v) is 16.4. The van der Waals surface area contributed by atoms with Crippen molar-refractivity contribution in [3.05, 3.63) is 47.7 Å². The maximum Gasteiger partial charge on any atom is 0.241 e. The average molecular weight is 398 g/mol. The van der Waals surface area contributed by atoms with Crippen LogP contribution < -0.4 is 10.1 Å². The highest BCUT2D eigenvalue weighted by Crippen LogP contribution is 2.24. The Morgan fingerprint density at radius 1 is 1.29 bits per heavy atom. The van der Waals surface area contributed by atoms with Crippen LogP contribution in [-0.4, -0.2) is 41.1 Å². The Balaban J connectivity index is 1.26. The van der Waals surface area contributed by atoms with Crippen LogP contribution in [0.25, 0.3) is 10.7 Å². The number of aromatic nitrogens is 2. The van der Waals surface area contributed by atoms with Crippen molar-refractivity contribution < 1.29 is 14.1 Å². The van der Waals surface area contributed by atoms with E-state index in [1.54, 1.807) is 18.4 Å². The molecule has 146 valence electrons. The van der Waals surface area contributed by atoms with E-state index < -0.39 is 0 Å². The molecule has 1 aliphatic heterocycles. The molecule has 2 aromatic heterocycles. The van der Waals surface area contributed by atoms with Gasteiger partial charge in [0.05, 0.1) is 18.5 Å². The summed E-state index contributed by atoms with van der Waals surface area (Å²) in [5.41, 5.74) is 0.792. The largest absolute Gasteiger partial charge is 0.497 e. The number of piperidine rings is 1. The molecule has 1 aromatic carbocycles. The average Bonchev–Trinajstić information content (AvgIpc) is 3.41. The third-order valence-electron chi connectivity index (χ3n) is 4.88. The van der Waals surface area contributed by atoms with Crippen molar-refractivity contribution in [2.45, 2.75) is 19.4 Å². The standard InChI is InChI=1S/C20H22N4O3S/c1-26-16-6-4-15(5-7-16)21-20(25)14-8-10-24(11-9-14)13-18-22-19(23-27-18)17-3-2-12-28-17/h2-7,12,14H,8-11,13H2,1H3,(H,21,25). The molecule has 0 saturated carbocycles. The van der Waals surface area contributed by atoms with Crippen LogP contribution in [0.5, 0.6) is 5.75 Å². The number of carbonyl (C=O) groups is 1. The Morgan fingerprint density at radius 3 is 2.75 bits per heavy atom. The summed E-state index contributed by atoms with van der Waals surface area (Å²) in [5, 5.41) is 9.04. The third-order valence-corrected chi connectivity index (χ3v) is 5.75. The monoisotopic (exact) mass is 398 g/mol. The smallest absolute Gasteiger partial charge is 0.241 e. The minimum absolute atomic E-state index is 0.0164. The van der Waals surface area contributed by atoms with Gasteiger partial charge in [-0.3, -0.25) is 9.69 Å². The second-order valence-electron chi connectivity index (χ2n) is 6.76. The number of ether oxygens (including phenoxy) is 1. The fraction of sp³-hybridized carbons (Fsp3) is 0.350. The van der Waals surface area contributed by atoms with E-state index >= 15 is 0 Å². The normalized spacial score (nSPS) is 15.5. The summed E-state index contributed by atoms with van der Waals surface area (Å²) in [6, 6.07) is 11.3. The molecule has 0 radical (unpaired) electrons. The van der Waals surface area contributed by atoms with Crippen LogP contribution in [0.4, 0.5) is 5.69 Å². The maximum atomic E-state index is 12.5. The van der Waals surface area contributed by atoms with E-state index in [1.165, 1.54) is 0 Å². The summed E-state index contributed by atoms with van der Waals surface area (Å²) >= 11 is 1.59. The van der Waals surface area contributed by atoms with Crippen LogP contribution in [0.1, 0.15) is 18.7 Å². The third kappa shape index (κ3) is 4.40. The number of hydrogen-bond donors (Lipinski definition) is 1. The molecule has 0 bridgehead atoms. The summed E-state index contributed by atoms with van der Waals surface area (Å²) in [5.74, 6) is 2.11. The van der Waals surface area contributed by atoms with Gasteiger partial charge in [-0.1, -0.05) is 11.2 Å². The summed E-state index contributed by atoms with van der Waals surface area (Å²) in [6.07, 6.45) is 1.63. The van der Waals surface area contributed by atoms with Crippen LogP contribution in [0, 0.1) is 5.92 Å². The molecule has 0 atom stereocenters. The lowest BCUT2D eigenvalue weighted by Crippen LogP contribution is -2.37. The summed E-state index contributed by atoms with van der Waals surface area (Å²) in [6.45, 7) is 2.28. The number of amides is 1. The Labute approximate surface area is 167 Å². The molecule has 0 spiro atoms. The van der Waals surface area contributed by atoms with E-state index in [9.17, 15) is 4.79 Å². The van der Waals surface area contributed by atoms with Crippen LogP contribution in [0.3, 0.4) is 0 Å². The highest BCUT2D eigenvalue weighted by molar-refractivity contribution is 7.13. The molecule has 1 N–H and O–H groups in total. The minimum Gasteiger partial charge on any atom is -0.497 e. The topological polar surface area (TPSA) is 80.5 Å². The van der Waals surface area contributed by atoms with Crippen molar-refractivity contribution in [3.8, 4) is 16.5 Å². The van der Waals surface area contributed by atoms with Crippen LogP contribution in [-0.2, 0) is 11.3 Å². The van der Waals surface area contributed by atoms with Gasteiger partial charge in [0.1, 0.15) is 5.75 Å². The second-order valence-corrected chi connectivity index (χ2v) is 7.70. The van der Waals surface area contributed by atoms with E-state index in [0.29, 0.717) is 18.3 Å². The fourth-order valence-corrected chi connectivity index (χ4v) is 3.94. The Kier molecular flexibility index (Phi) is 5.68. The minimum atomic E-state index is 0.0164. The number of carbonyl (C=O) groups excluding carboxylic acids is 1. The first-order valence-corrected chi connectivity index (χ1v) is 10.1. The fourth-order valence-electron chi connectivity index (χ4n) is 3.29. The summed E-state index contributed by atoms with van der Waals surface area (Å²) < 4.78 is 10.5.